The zero-order valence-corrected chi connectivity index (χ0v) is 9.11. The predicted octanol–water partition coefficient (Wildman–Crippen LogP) is 2.58. The van der Waals surface area contributed by atoms with Gasteiger partial charge in [0.25, 0.3) is 0 Å². The van der Waals surface area contributed by atoms with Gasteiger partial charge in [-0.05, 0) is 35.9 Å². The van der Waals surface area contributed by atoms with Crippen molar-refractivity contribution in [3.05, 3.63) is 59.3 Å². The summed E-state index contributed by atoms with van der Waals surface area (Å²) in [5.41, 5.74) is 1.14. The summed E-state index contributed by atoms with van der Waals surface area (Å²) in [6.07, 6.45) is 1.60. The van der Waals surface area contributed by atoms with Gasteiger partial charge in [0.15, 0.2) is 0 Å². The highest BCUT2D eigenvalue weighted by Crippen LogP contribution is 2.10. The molecule has 1 heterocycles. The normalized spacial score (nSPS) is 10.1. The van der Waals surface area contributed by atoms with Gasteiger partial charge in [-0.1, -0.05) is 0 Å². The average molecular weight is 230 g/mol. The standard InChI is InChI=1S/C13H11FN2O/c14-12-4-3-10(7-15)11(6-12)8-16-9-13-2-1-5-17-13/h1-6,16H,8-9H2. The molecule has 86 valence electrons. The van der Waals surface area contributed by atoms with E-state index >= 15 is 0 Å². The van der Waals surface area contributed by atoms with Crippen LogP contribution in [0, 0.1) is 17.1 Å². The van der Waals surface area contributed by atoms with E-state index in [1.807, 2.05) is 12.1 Å². The maximum absolute atomic E-state index is 13.0. The number of nitrogens with one attached hydrogen (secondary N) is 1. The third kappa shape index (κ3) is 2.92. The summed E-state index contributed by atoms with van der Waals surface area (Å²) in [6, 6.07) is 9.83. The fourth-order valence-electron chi connectivity index (χ4n) is 1.55. The van der Waals surface area contributed by atoms with Gasteiger partial charge in [0.2, 0.25) is 0 Å². The number of furan rings is 1. The number of nitriles is 1. The molecule has 4 heteroatoms. The molecule has 1 aromatic carbocycles. The smallest absolute Gasteiger partial charge is 0.123 e. The Morgan fingerprint density at radius 2 is 2.18 bits per heavy atom. The second kappa shape index (κ2) is 5.28. The van der Waals surface area contributed by atoms with Crippen molar-refractivity contribution in [3.8, 4) is 6.07 Å². The molecule has 0 aliphatic rings. The highest BCUT2D eigenvalue weighted by Gasteiger charge is 2.03. The Hall–Kier alpha value is -2.12. The summed E-state index contributed by atoms with van der Waals surface area (Å²) in [6.45, 7) is 0.982. The molecule has 0 saturated heterocycles. The van der Waals surface area contributed by atoms with Crippen molar-refractivity contribution in [1.82, 2.24) is 5.32 Å². The molecule has 0 spiro atoms. The largest absolute Gasteiger partial charge is 0.468 e. The van der Waals surface area contributed by atoms with E-state index < -0.39 is 0 Å². The molecule has 1 N–H and O–H groups in total. The van der Waals surface area contributed by atoms with Crippen LogP contribution in [0.1, 0.15) is 16.9 Å². The molecular formula is C13H11FN2O. The van der Waals surface area contributed by atoms with Crippen molar-refractivity contribution in [3.63, 3.8) is 0 Å². The minimum atomic E-state index is -0.334. The summed E-state index contributed by atoms with van der Waals surface area (Å²) >= 11 is 0. The van der Waals surface area contributed by atoms with Crippen LogP contribution in [0.4, 0.5) is 4.39 Å². The first-order valence-corrected chi connectivity index (χ1v) is 5.21. The highest BCUT2D eigenvalue weighted by molar-refractivity contribution is 5.37. The fraction of sp³-hybridized carbons (Fsp3) is 0.154. The highest BCUT2D eigenvalue weighted by atomic mass is 19.1. The molecule has 0 unspecified atom stereocenters. The number of benzene rings is 1. The first-order valence-electron chi connectivity index (χ1n) is 5.21. The van der Waals surface area contributed by atoms with Gasteiger partial charge < -0.3 is 9.73 Å². The minimum absolute atomic E-state index is 0.334. The first-order chi connectivity index (χ1) is 8.29. The van der Waals surface area contributed by atoms with Crippen LogP contribution < -0.4 is 5.32 Å². The Morgan fingerprint density at radius 1 is 1.29 bits per heavy atom. The molecule has 0 bridgehead atoms. The number of halogens is 1. The van der Waals surface area contributed by atoms with Crippen molar-refractivity contribution < 1.29 is 8.81 Å². The molecular weight excluding hydrogens is 219 g/mol. The number of hydrogen-bond acceptors (Lipinski definition) is 3. The third-order valence-electron chi connectivity index (χ3n) is 2.38. The van der Waals surface area contributed by atoms with Crippen molar-refractivity contribution in [1.29, 1.82) is 5.26 Å². The van der Waals surface area contributed by atoms with Crippen LogP contribution in [-0.4, -0.2) is 0 Å². The second-order valence-corrected chi connectivity index (χ2v) is 3.60. The Kier molecular flexibility index (Phi) is 3.53. The monoisotopic (exact) mass is 230 g/mol. The van der Waals surface area contributed by atoms with Gasteiger partial charge in [0.05, 0.1) is 24.4 Å². The SMILES string of the molecule is N#Cc1ccc(F)cc1CNCc1ccco1. The fourth-order valence-corrected chi connectivity index (χ4v) is 1.55. The topological polar surface area (TPSA) is 49.0 Å². The number of nitrogens with zero attached hydrogens (tertiary/aromatic N) is 1. The van der Waals surface area contributed by atoms with Crippen LogP contribution >= 0.6 is 0 Å². The molecule has 0 aliphatic carbocycles. The molecule has 0 fully saturated rings. The van der Waals surface area contributed by atoms with Gasteiger partial charge in [-0.2, -0.15) is 5.26 Å². The van der Waals surface area contributed by atoms with Crippen LogP contribution in [0.25, 0.3) is 0 Å². The van der Waals surface area contributed by atoms with Crippen LogP contribution in [0.2, 0.25) is 0 Å². The molecule has 1 aromatic heterocycles. The maximum Gasteiger partial charge on any atom is 0.123 e. The summed E-state index contributed by atoms with van der Waals surface area (Å²) in [5, 5.41) is 12.0. The van der Waals surface area contributed by atoms with E-state index in [0.717, 1.165) is 5.76 Å². The van der Waals surface area contributed by atoms with Crippen molar-refractivity contribution in [2.75, 3.05) is 0 Å². The summed E-state index contributed by atoms with van der Waals surface area (Å²) in [7, 11) is 0. The van der Waals surface area contributed by atoms with E-state index in [2.05, 4.69) is 5.32 Å². The van der Waals surface area contributed by atoms with Gasteiger partial charge in [-0.15, -0.1) is 0 Å². The quantitative estimate of drug-likeness (QED) is 0.878. The van der Waals surface area contributed by atoms with Crippen LogP contribution in [0.15, 0.2) is 41.0 Å². The van der Waals surface area contributed by atoms with Gasteiger partial charge in [0.1, 0.15) is 11.6 Å². The van der Waals surface area contributed by atoms with Crippen molar-refractivity contribution in [2.45, 2.75) is 13.1 Å². The third-order valence-corrected chi connectivity index (χ3v) is 2.38. The van der Waals surface area contributed by atoms with E-state index in [4.69, 9.17) is 9.68 Å². The molecule has 0 atom stereocenters. The molecule has 0 aliphatic heterocycles. The van der Waals surface area contributed by atoms with E-state index in [9.17, 15) is 4.39 Å². The molecule has 2 aromatic rings. The zero-order valence-electron chi connectivity index (χ0n) is 9.11. The molecule has 0 amide bonds. The van der Waals surface area contributed by atoms with E-state index in [1.165, 1.54) is 18.2 Å². The van der Waals surface area contributed by atoms with E-state index in [-0.39, 0.29) is 5.82 Å². The Labute approximate surface area is 98.5 Å². The molecule has 0 saturated carbocycles. The maximum atomic E-state index is 13.0. The first kappa shape index (κ1) is 11.4. The average Bonchev–Trinajstić information content (AvgIpc) is 2.82. The number of hydrogen-bond donors (Lipinski definition) is 1. The Balaban J connectivity index is 1.99. The van der Waals surface area contributed by atoms with Crippen molar-refractivity contribution >= 4 is 0 Å². The minimum Gasteiger partial charge on any atom is -0.468 e. The van der Waals surface area contributed by atoms with Crippen LogP contribution in [0.5, 0.6) is 0 Å². The molecule has 0 radical (unpaired) electrons. The lowest BCUT2D eigenvalue weighted by atomic mass is 10.1. The van der Waals surface area contributed by atoms with E-state index in [0.29, 0.717) is 24.2 Å². The van der Waals surface area contributed by atoms with Crippen LogP contribution in [-0.2, 0) is 13.1 Å². The van der Waals surface area contributed by atoms with Gasteiger partial charge in [-0.25, -0.2) is 4.39 Å². The summed E-state index contributed by atoms with van der Waals surface area (Å²) in [5.74, 6) is 0.471. The van der Waals surface area contributed by atoms with Gasteiger partial charge in [-0.3, -0.25) is 0 Å². The van der Waals surface area contributed by atoms with E-state index in [1.54, 1.807) is 12.3 Å². The predicted molar refractivity (Wildman–Crippen MR) is 60.4 cm³/mol. The number of rotatable bonds is 4. The van der Waals surface area contributed by atoms with Crippen molar-refractivity contribution in [2.24, 2.45) is 0 Å². The lowest BCUT2D eigenvalue weighted by Gasteiger charge is -2.05. The van der Waals surface area contributed by atoms with Gasteiger partial charge in [0, 0.05) is 6.54 Å². The second-order valence-electron chi connectivity index (χ2n) is 3.60. The Bertz CT molecular complexity index is 529. The summed E-state index contributed by atoms with van der Waals surface area (Å²) in [4.78, 5) is 0. The lowest BCUT2D eigenvalue weighted by molar-refractivity contribution is 0.482. The van der Waals surface area contributed by atoms with Crippen LogP contribution in [0.3, 0.4) is 0 Å². The van der Waals surface area contributed by atoms with Gasteiger partial charge >= 0.3 is 0 Å². The Morgan fingerprint density at radius 3 is 2.88 bits per heavy atom. The molecule has 17 heavy (non-hydrogen) atoms. The molecule has 3 nitrogen and oxygen atoms in total. The summed E-state index contributed by atoms with van der Waals surface area (Å²) < 4.78 is 18.2. The lowest BCUT2D eigenvalue weighted by Crippen LogP contribution is -2.13. The molecule has 2 rings (SSSR count). The zero-order chi connectivity index (χ0) is 12.1.